The Morgan fingerprint density at radius 2 is 0.833 bits per heavy atom. The molecule has 4 radical (unpaired) electrons. The van der Waals surface area contributed by atoms with Gasteiger partial charge in [0.1, 0.15) is 0 Å². The molecule has 0 aromatic heterocycles. The van der Waals surface area contributed by atoms with Crippen LogP contribution in [-0.4, -0.2) is 28.2 Å². The third-order valence-electron chi connectivity index (χ3n) is 0. The molecule has 4 nitrogen and oxygen atoms in total. The molecule has 4 N–H and O–H groups in total. The zero-order valence-corrected chi connectivity index (χ0v) is 3.79. The lowest BCUT2D eigenvalue weighted by Gasteiger charge is -1.91. The van der Waals surface area contributed by atoms with E-state index in [2.05, 4.69) is 0 Å². The summed E-state index contributed by atoms with van der Waals surface area (Å²) in [6.45, 7) is 0. The highest BCUT2D eigenvalue weighted by Gasteiger charge is 2.22. The maximum atomic E-state index is 7.33. The van der Waals surface area contributed by atoms with Crippen LogP contribution in [0.4, 0.5) is 0 Å². The lowest BCUT2D eigenvalue weighted by atomic mass is 12.0. The van der Waals surface area contributed by atoms with Crippen LogP contribution in [0.1, 0.15) is 0 Å². The second-order valence-corrected chi connectivity index (χ2v) is 1.80. The van der Waals surface area contributed by atoms with E-state index in [4.69, 9.17) is 19.2 Å². The van der Waals surface area contributed by atoms with Crippen molar-refractivity contribution in [1.29, 1.82) is 0 Å². The summed E-state index contributed by atoms with van der Waals surface area (Å²) < 4.78 is 0. The topological polar surface area (TPSA) is 80.9 Å². The second-order valence-electron chi connectivity index (χ2n) is 0.600. The molecule has 0 unspecified atom stereocenters. The van der Waals surface area contributed by atoms with Gasteiger partial charge in [-0.3, -0.25) is 0 Å². The van der Waals surface area contributed by atoms with Gasteiger partial charge in [-0.1, -0.05) is 0 Å². The van der Waals surface area contributed by atoms with Gasteiger partial charge >= 0.3 is 9.05 Å². The maximum absolute atomic E-state index is 7.33. The van der Waals surface area contributed by atoms with Crippen molar-refractivity contribution in [3.63, 3.8) is 0 Å². The molecule has 0 amide bonds. The summed E-state index contributed by atoms with van der Waals surface area (Å²) >= 11 is 0. The minimum atomic E-state index is -4.61. The highest BCUT2D eigenvalue weighted by Crippen LogP contribution is 1.67. The molecule has 0 saturated carbocycles. The standard InChI is InChI=1S/C.H4O4Si/c;1-5(2,3)4/h;1-4H. The molecule has 0 bridgehead atoms. The van der Waals surface area contributed by atoms with E-state index < -0.39 is 9.05 Å². The highest BCUT2D eigenvalue weighted by molar-refractivity contribution is 6.46. The first-order valence-corrected chi connectivity index (χ1v) is 2.68. The van der Waals surface area contributed by atoms with E-state index in [9.17, 15) is 0 Å². The molecule has 0 rings (SSSR count). The van der Waals surface area contributed by atoms with Crippen molar-refractivity contribution < 1.29 is 19.2 Å². The SMILES string of the molecule is O[Si](O)(O)O.[C]. The van der Waals surface area contributed by atoms with Gasteiger partial charge in [-0.15, -0.1) is 0 Å². The zero-order chi connectivity index (χ0) is 4.50. The summed E-state index contributed by atoms with van der Waals surface area (Å²) in [4.78, 5) is 29.3. The fraction of sp³-hybridized carbons (Fsp3) is 0. The summed E-state index contributed by atoms with van der Waals surface area (Å²) in [6.07, 6.45) is 0. The van der Waals surface area contributed by atoms with Gasteiger partial charge in [-0.25, -0.2) is 0 Å². The minimum Gasteiger partial charge on any atom is -0.368 e. The van der Waals surface area contributed by atoms with E-state index in [-0.39, 0.29) is 7.43 Å². The van der Waals surface area contributed by atoms with E-state index in [0.29, 0.717) is 0 Å². The first kappa shape index (κ1) is 9.41. The first-order valence-electron chi connectivity index (χ1n) is 0.894. The van der Waals surface area contributed by atoms with Crippen LogP contribution in [0.5, 0.6) is 0 Å². The van der Waals surface area contributed by atoms with Crippen molar-refractivity contribution in [3.05, 3.63) is 7.43 Å². The number of hydrogen-bond acceptors (Lipinski definition) is 4. The third-order valence-corrected chi connectivity index (χ3v) is 0. The highest BCUT2D eigenvalue weighted by atomic mass is 28.4. The van der Waals surface area contributed by atoms with Crippen LogP contribution in [0.3, 0.4) is 0 Å². The lowest BCUT2D eigenvalue weighted by molar-refractivity contribution is 0.117. The van der Waals surface area contributed by atoms with Crippen molar-refractivity contribution in [1.82, 2.24) is 0 Å². The average Bonchev–Trinajstić information content (AvgIpc) is 0.722. The Bertz CT molecular complexity index is 23.0. The third kappa shape index (κ3) is 11700. The Balaban J connectivity index is 0. The van der Waals surface area contributed by atoms with Crippen LogP contribution in [0, 0.1) is 7.43 Å². The van der Waals surface area contributed by atoms with E-state index in [1.807, 2.05) is 0 Å². The van der Waals surface area contributed by atoms with Gasteiger partial charge in [0.05, 0.1) is 0 Å². The van der Waals surface area contributed by atoms with Gasteiger partial charge in [0.25, 0.3) is 0 Å². The summed E-state index contributed by atoms with van der Waals surface area (Å²) in [7, 11) is -4.61. The quantitative estimate of drug-likeness (QED) is 0.258. The van der Waals surface area contributed by atoms with Crippen molar-refractivity contribution in [2.75, 3.05) is 0 Å². The molecule has 0 aromatic rings. The predicted molar refractivity (Wildman–Crippen MR) is 17.9 cm³/mol. The van der Waals surface area contributed by atoms with Gasteiger partial charge in [-0.05, 0) is 0 Å². The van der Waals surface area contributed by atoms with Crippen molar-refractivity contribution in [3.8, 4) is 0 Å². The summed E-state index contributed by atoms with van der Waals surface area (Å²) in [5.74, 6) is 0. The van der Waals surface area contributed by atoms with Crippen LogP contribution in [0.15, 0.2) is 0 Å². The second kappa shape index (κ2) is 2.27. The molecule has 0 atom stereocenters. The van der Waals surface area contributed by atoms with Crippen molar-refractivity contribution >= 4 is 9.05 Å². The fourth-order valence-electron chi connectivity index (χ4n) is 0. The van der Waals surface area contributed by atoms with Gasteiger partial charge in [0, 0.05) is 7.43 Å². The monoisotopic (exact) mass is 108 g/mol. The smallest absolute Gasteiger partial charge is 0.368 e. The van der Waals surface area contributed by atoms with Crippen LogP contribution >= 0.6 is 0 Å². The molecule has 0 fully saturated rings. The van der Waals surface area contributed by atoms with Gasteiger partial charge in [0.2, 0.25) is 0 Å². The normalized spacial score (nSPS) is 10.0. The van der Waals surface area contributed by atoms with E-state index in [1.54, 1.807) is 0 Å². The van der Waals surface area contributed by atoms with Gasteiger partial charge < -0.3 is 19.2 Å². The summed E-state index contributed by atoms with van der Waals surface area (Å²) in [6, 6.07) is 0. The van der Waals surface area contributed by atoms with Crippen LogP contribution in [-0.2, 0) is 0 Å². The molecule has 0 saturated heterocycles. The van der Waals surface area contributed by atoms with Crippen molar-refractivity contribution in [2.45, 2.75) is 0 Å². The maximum Gasteiger partial charge on any atom is 0.668 e. The molecule has 0 aliphatic carbocycles. The Kier molecular flexibility index (Phi) is 3.56. The van der Waals surface area contributed by atoms with Crippen LogP contribution in [0.25, 0.3) is 0 Å². The minimum absolute atomic E-state index is 0. The van der Waals surface area contributed by atoms with Crippen molar-refractivity contribution in [2.24, 2.45) is 0 Å². The molecule has 0 aliphatic rings. The first-order chi connectivity index (χ1) is 2.00. The molecule has 36 valence electrons. The summed E-state index contributed by atoms with van der Waals surface area (Å²) in [5.41, 5.74) is 0. The van der Waals surface area contributed by atoms with E-state index >= 15 is 0 Å². The Morgan fingerprint density at radius 1 is 0.833 bits per heavy atom. The summed E-state index contributed by atoms with van der Waals surface area (Å²) in [5, 5.41) is 0. The van der Waals surface area contributed by atoms with Crippen LogP contribution in [0.2, 0.25) is 0 Å². The molecule has 6 heavy (non-hydrogen) atoms. The molecule has 0 aromatic carbocycles. The van der Waals surface area contributed by atoms with Gasteiger partial charge in [-0.2, -0.15) is 0 Å². The largest absolute Gasteiger partial charge is 0.668 e. The van der Waals surface area contributed by atoms with E-state index in [1.165, 1.54) is 0 Å². The molecule has 5 heteroatoms. The number of hydrogen-bond donors (Lipinski definition) is 4. The molecule has 0 heterocycles. The lowest BCUT2D eigenvalue weighted by Crippen LogP contribution is -2.33. The Labute approximate surface area is 36.8 Å². The van der Waals surface area contributed by atoms with Gasteiger partial charge in [0.15, 0.2) is 0 Å². The Hall–Kier alpha value is 0.0569. The van der Waals surface area contributed by atoms with E-state index in [0.717, 1.165) is 0 Å². The zero-order valence-electron chi connectivity index (χ0n) is 2.79. The van der Waals surface area contributed by atoms with Crippen LogP contribution < -0.4 is 0 Å². The predicted octanol–water partition coefficient (Wildman–Crippen LogP) is -2.53. The average molecular weight is 108 g/mol. The Morgan fingerprint density at radius 3 is 0.833 bits per heavy atom. The fourth-order valence-corrected chi connectivity index (χ4v) is 0. The molecular weight excluding hydrogens is 104 g/mol. The molecule has 0 aliphatic heterocycles. The molecule has 0 spiro atoms. The number of rotatable bonds is 0. The molecular formula is CH4O4Si.